The molecule has 1 heteroatoms. The lowest BCUT2D eigenvalue weighted by Gasteiger charge is -2.67. The molecule has 2 aliphatic carbocycles. The van der Waals surface area contributed by atoms with Crippen LogP contribution in [0, 0.1) is 5.92 Å². The lowest BCUT2D eigenvalue weighted by atomic mass is 9.54. The lowest BCUT2D eigenvalue weighted by Crippen LogP contribution is -2.72. The fourth-order valence-electron chi connectivity index (χ4n) is 2.31. The minimum Gasteiger partial charge on any atom is -0.295 e. The van der Waals surface area contributed by atoms with Gasteiger partial charge in [-0.05, 0) is 13.5 Å². The molecule has 0 bridgehead atoms. The Labute approximate surface area is 49.0 Å². The van der Waals surface area contributed by atoms with Gasteiger partial charge in [-0.15, -0.1) is 0 Å². The van der Waals surface area contributed by atoms with Crippen LogP contribution < -0.4 is 0 Å². The molecule has 0 aromatic carbocycles. The van der Waals surface area contributed by atoms with Crippen molar-refractivity contribution in [2.45, 2.75) is 18.5 Å². The SMILES string of the molecule is CN1C2C=C3CC1C32. The highest BCUT2D eigenvalue weighted by Crippen LogP contribution is 2.57. The number of likely N-dealkylation sites (tertiary alicyclic amines) is 1. The van der Waals surface area contributed by atoms with Crippen LogP contribution in [0.3, 0.4) is 0 Å². The summed E-state index contributed by atoms with van der Waals surface area (Å²) in [6.45, 7) is 0. The average Bonchev–Trinajstić information content (AvgIpc) is 1.74. The molecule has 3 atom stereocenters. The van der Waals surface area contributed by atoms with Crippen molar-refractivity contribution in [2.75, 3.05) is 7.05 Å². The largest absolute Gasteiger partial charge is 0.295 e. The van der Waals surface area contributed by atoms with Crippen molar-refractivity contribution in [3.8, 4) is 0 Å². The van der Waals surface area contributed by atoms with E-state index >= 15 is 0 Å². The highest BCUT2D eigenvalue weighted by molar-refractivity contribution is 5.43. The first-order chi connectivity index (χ1) is 3.88. The minimum atomic E-state index is 0.878. The monoisotopic (exact) mass is 107 g/mol. The summed E-state index contributed by atoms with van der Waals surface area (Å²) in [5.74, 6) is 1.04. The first kappa shape index (κ1) is 3.67. The molecule has 3 unspecified atom stereocenters. The Balaban J connectivity index is 2.10. The molecule has 0 spiro atoms. The quantitative estimate of drug-likeness (QED) is 0.410. The zero-order valence-electron chi connectivity index (χ0n) is 4.96. The number of hydrogen-bond donors (Lipinski definition) is 0. The van der Waals surface area contributed by atoms with Crippen LogP contribution in [0.4, 0.5) is 0 Å². The second-order valence-electron chi connectivity index (χ2n) is 3.19. The van der Waals surface area contributed by atoms with E-state index in [0.29, 0.717) is 0 Å². The molecule has 3 aliphatic rings. The molecule has 1 nitrogen and oxygen atoms in total. The first-order valence-electron chi connectivity index (χ1n) is 3.30. The van der Waals surface area contributed by atoms with Gasteiger partial charge in [0.15, 0.2) is 0 Å². The summed E-state index contributed by atoms with van der Waals surface area (Å²) in [5.41, 5.74) is 1.75. The van der Waals surface area contributed by atoms with Crippen LogP contribution in [0.5, 0.6) is 0 Å². The smallest absolute Gasteiger partial charge is 0.0361 e. The molecule has 1 aliphatic heterocycles. The Bertz CT molecular complexity index is 183. The van der Waals surface area contributed by atoms with E-state index in [1.807, 2.05) is 0 Å². The van der Waals surface area contributed by atoms with Gasteiger partial charge >= 0.3 is 0 Å². The van der Waals surface area contributed by atoms with Crippen LogP contribution in [0.2, 0.25) is 0 Å². The summed E-state index contributed by atoms with van der Waals surface area (Å²) in [5, 5.41) is 0. The Morgan fingerprint density at radius 1 is 1.75 bits per heavy atom. The third-order valence-corrected chi connectivity index (χ3v) is 3.03. The van der Waals surface area contributed by atoms with Crippen LogP contribution in [-0.4, -0.2) is 24.0 Å². The molecule has 0 aromatic heterocycles. The van der Waals surface area contributed by atoms with Crippen LogP contribution in [0.1, 0.15) is 6.42 Å². The third-order valence-electron chi connectivity index (χ3n) is 3.03. The van der Waals surface area contributed by atoms with Crippen molar-refractivity contribution in [3.05, 3.63) is 11.6 Å². The fourth-order valence-corrected chi connectivity index (χ4v) is 2.31. The standard InChI is InChI=1S/C7H9N/c1-8-5-2-4-3-6(8)7(4)5/h2,5-7H,3H2,1H3. The zero-order chi connectivity index (χ0) is 5.30. The Hall–Kier alpha value is -0.300. The fraction of sp³-hybridized carbons (Fsp3) is 0.714. The van der Waals surface area contributed by atoms with Gasteiger partial charge in [0.2, 0.25) is 0 Å². The van der Waals surface area contributed by atoms with E-state index in [0.717, 1.165) is 18.0 Å². The van der Waals surface area contributed by atoms with Crippen molar-refractivity contribution in [1.82, 2.24) is 4.90 Å². The summed E-state index contributed by atoms with van der Waals surface area (Å²) >= 11 is 0. The van der Waals surface area contributed by atoms with E-state index in [1.165, 1.54) is 6.42 Å². The molecular formula is C7H9N. The Morgan fingerprint density at radius 3 is 2.75 bits per heavy atom. The van der Waals surface area contributed by atoms with Crippen molar-refractivity contribution >= 4 is 0 Å². The van der Waals surface area contributed by atoms with E-state index in [1.54, 1.807) is 5.57 Å². The van der Waals surface area contributed by atoms with Gasteiger partial charge in [-0.25, -0.2) is 0 Å². The molecule has 1 heterocycles. The van der Waals surface area contributed by atoms with Crippen molar-refractivity contribution in [2.24, 2.45) is 5.92 Å². The summed E-state index contributed by atoms with van der Waals surface area (Å²) < 4.78 is 0. The van der Waals surface area contributed by atoms with Gasteiger partial charge in [0.05, 0.1) is 0 Å². The van der Waals surface area contributed by atoms with E-state index < -0.39 is 0 Å². The molecule has 0 radical (unpaired) electrons. The molecule has 42 valence electrons. The first-order valence-corrected chi connectivity index (χ1v) is 3.30. The minimum absolute atomic E-state index is 0.878. The molecule has 0 amide bonds. The maximum atomic E-state index is 2.48. The highest BCUT2D eigenvalue weighted by atomic mass is 15.3. The molecule has 8 heavy (non-hydrogen) atoms. The average molecular weight is 107 g/mol. The van der Waals surface area contributed by atoms with Gasteiger partial charge in [-0.3, -0.25) is 4.90 Å². The zero-order valence-corrected chi connectivity index (χ0v) is 4.96. The van der Waals surface area contributed by atoms with Gasteiger partial charge < -0.3 is 0 Å². The molecule has 2 fully saturated rings. The van der Waals surface area contributed by atoms with Gasteiger partial charge in [-0.2, -0.15) is 0 Å². The Kier molecular flexibility index (Phi) is 0.358. The van der Waals surface area contributed by atoms with Crippen LogP contribution >= 0.6 is 0 Å². The van der Waals surface area contributed by atoms with Gasteiger partial charge in [0.25, 0.3) is 0 Å². The number of hydrogen-bond acceptors (Lipinski definition) is 1. The highest BCUT2D eigenvalue weighted by Gasteiger charge is 2.59. The summed E-state index contributed by atoms with van der Waals surface area (Å²) in [4.78, 5) is 2.48. The van der Waals surface area contributed by atoms with Crippen molar-refractivity contribution in [3.63, 3.8) is 0 Å². The van der Waals surface area contributed by atoms with Crippen LogP contribution in [-0.2, 0) is 0 Å². The summed E-state index contributed by atoms with van der Waals surface area (Å²) in [7, 11) is 2.23. The third kappa shape index (κ3) is 0.164. The molecule has 1 saturated carbocycles. The van der Waals surface area contributed by atoms with E-state index in [4.69, 9.17) is 0 Å². The van der Waals surface area contributed by atoms with Crippen molar-refractivity contribution < 1.29 is 0 Å². The molecule has 3 rings (SSSR count). The summed E-state index contributed by atoms with van der Waals surface area (Å²) in [6.07, 6.45) is 3.81. The summed E-state index contributed by atoms with van der Waals surface area (Å²) in [6, 6.07) is 1.85. The topological polar surface area (TPSA) is 3.24 Å². The molecular weight excluding hydrogens is 98.1 g/mol. The number of piperidine rings is 1. The predicted molar refractivity (Wildman–Crippen MR) is 31.5 cm³/mol. The van der Waals surface area contributed by atoms with Gasteiger partial charge in [-0.1, -0.05) is 11.6 Å². The Morgan fingerprint density at radius 2 is 2.62 bits per heavy atom. The van der Waals surface area contributed by atoms with E-state index in [2.05, 4.69) is 18.0 Å². The van der Waals surface area contributed by atoms with Gasteiger partial charge in [0.1, 0.15) is 0 Å². The van der Waals surface area contributed by atoms with E-state index in [9.17, 15) is 0 Å². The number of rotatable bonds is 0. The van der Waals surface area contributed by atoms with Crippen molar-refractivity contribution in [1.29, 1.82) is 0 Å². The maximum Gasteiger partial charge on any atom is 0.0361 e. The van der Waals surface area contributed by atoms with Gasteiger partial charge in [0, 0.05) is 18.0 Å². The normalized spacial score (nSPS) is 57.1. The second-order valence-corrected chi connectivity index (χ2v) is 3.19. The predicted octanol–water partition coefficient (Wildman–Crippen LogP) is 0.629. The van der Waals surface area contributed by atoms with Crippen LogP contribution in [0.25, 0.3) is 0 Å². The molecule has 0 N–H and O–H groups in total. The van der Waals surface area contributed by atoms with Crippen LogP contribution in [0.15, 0.2) is 11.6 Å². The molecule has 0 aromatic rings. The molecule has 1 saturated heterocycles. The second kappa shape index (κ2) is 0.781. The number of likely N-dealkylation sites (N-methyl/N-ethyl adjacent to an activating group) is 1. The number of nitrogens with zero attached hydrogens (tertiary/aromatic N) is 1. The maximum absolute atomic E-state index is 2.48. The van der Waals surface area contributed by atoms with E-state index in [-0.39, 0.29) is 0 Å². The lowest BCUT2D eigenvalue weighted by molar-refractivity contribution is -0.0628.